The second-order valence-electron chi connectivity index (χ2n) is 4.54. The van der Waals surface area contributed by atoms with Gasteiger partial charge in [-0.15, -0.1) is 5.06 Å². The van der Waals surface area contributed by atoms with Crippen LogP contribution in [0.3, 0.4) is 0 Å². The first-order chi connectivity index (χ1) is 8.83. The molecule has 0 aliphatic carbocycles. The van der Waals surface area contributed by atoms with Crippen molar-refractivity contribution in [2.45, 2.75) is 37.7 Å². The molecule has 0 aromatic heterocycles. The molecule has 20 heavy (non-hydrogen) atoms. The third kappa shape index (κ3) is 6.19. The van der Waals surface area contributed by atoms with Crippen LogP contribution in [0.1, 0.15) is 32.1 Å². The van der Waals surface area contributed by atoms with Crippen molar-refractivity contribution >= 4 is 47.5 Å². The topological polar surface area (TPSA) is 124 Å². The number of rotatable bonds is 6. The quantitative estimate of drug-likeness (QED) is 0.531. The molecule has 9 heteroatoms. The van der Waals surface area contributed by atoms with Crippen molar-refractivity contribution < 1.29 is 34.5 Å². The Kier molecular flexibility index (Phi) is 8.29. The van der Waals surface area contributed by atoms with Crippen LogP contribution >= 0.6 is 0 Å². The third-order valence-corrected chi connectivity index (χ3v) is 2.79. The van der Waals surface area contributed by atoms with Gasteiger partial charge in [0.2, 0.25) is 0 Å². The van der Waals surface area contributed by atoms with E-state index in [2.05, 4.69) is 0 Å². The molecule has 8 nitrogen and oxygen atoms in total. The van der Waals surface area contributed by atoms with Crippen LogP contribution in [0.25, 0.3) is 0 Å². The average molecular weight is 299 g/mol. The number of carboxylic acid groups (broad SMARTS) is 2. The predicted molar refractivity (Wildman–Crippen MR) is 68.1 cm³/mol. The summed E-state index contributed by atoms with van der Waals surface area (Å²) in [5, 5.41) is 28.5. The Morgan fingerprint density at radius 3 is 1.85 bits per heavy atom. The summed E-state index contributed by atoms with van der Waals surface area (Å²) in [6, 6.07) is 0. The van der Waals surface area contributed by atoms with E-state index >= 15 is 0 Å². The Bertz CT molecular complexity index is 352. The van der Waals surface area contributed by atoms with Crippen molar-refractivity contribution in [3.05, 3.63) is 0 Å². The molecule has 0 aromatic carbocycles. The molecule has 0 bridgehead atoms. The molecule has 1 aliphatic rings. The van der Waals surface area contributed by atoms with E-state index in [4.69, 9.17) is 15.1 Å². The van der Waals surface area contributed by atoms with Gasteiger partial charge in [0.05, 0.1) is 12.8 Å². The molecule has 1 heterocycles. The van der Waals surface area contributed by atoms with Crippen molar-refractivity contribution in [3.63, 3.8) is 0 Å². The molecule has 0 atom stereocenters. The fourth-order valence-electron chi connectivity index (χ4n) is 1.87. The van der Waals surface area contributed by atoms with E-state index in [-0.39, 0.29) is 29.6 Å². The van der Waals surface area contributed by atoms with Gasteiger partial charge in [0.1, 0.15) is 0 Å². The van der Waals surface area contributed by atoms with Crippen LogP contribution in [0.4, 0.5) is 0 Å². The Morgan fingerprint density at radius 1 is 1.00 bits per heavy atom. The van der Waals surface area contributed by atoms with Crippen molar-refractivity contribution in [1.29, 1.82) is 0 Å². The van der Waals surface area contributed by atoms with E-state index < -0.39 is 36.4 Å². The zero-order valence-electron chi connectivity index (χ0n) is 10.4. The maximum absolute atomic E-state index is 11.8. The third-order valence-electron chi connectivity index (χ3n) is 2.79. The first kappa shape index (κ1) is 19.3. The first-order valence-corrected chi connectivity index (χ1v) is 5.97. The van der Waals surface area contributed by atoms with Crippen LogP contribution in [0.5, 0.6) is 0 Å². The van der Waals surface area contributed by atoms with Gasteiger partial charge < -0.3 is 20.2 Å². The van der Waals surface area contributed by atoms with Gasteiger partial charge in [0.15, 0.2) is 5.60 Å². The molecule has 0 unspecified atom stereocenters. The summed E-state index contributed by atoms with van der Waals surface area (Å²) >= 11 is 0. The fourth-order valence-corrected chi connectivity index (χ4v) is 1.87. The van der Waals surface area contributed by atoms with E-state index in [0.29, 0.717) is 13.1 Å². The second kappa shape index (κ2) is 8.58. The number of hydrogen-bond acceptors (Lipinski definition) is 6. The van der Waals surface area contributed by atoms with Crippen molar-refractivity contribution in [2.24, 2.45) is 0 Å². The van der Waals surface area contributed by atoms with Crippen molar-refractivity contribution in [3.8, 4) is 0 Å². The summed E-state index contributed by atoms with van der Waals surface area (Å²) in [5.74, 6) is -4.18. The molecule has 0 saturated carbocycles. The van der Waals surface area contributed by atoms with Gasteiger partial charge in [-0.3, -0.25) is 9.59 Å². The molecule has 0 spiro atoms. The number of aliphatic carboxylic acids is 2. The summed E-state index contributed by atoms with van der Waals surface area (Å²) in [6.45, 7) is 0.976. The monoisotopic (exact) mass is 299 g/mol. The Labute approximate surface area is 137 Å². The average Bonchev–Trinajstić information content (AvgIpc) is 2.27. The molecule has 0 amide bonds. The second-order valence-corrected chi connectivity index (χ2v) is 4.54. The van der Waals surface area contributed by atoms with Crippen molar-refractivity contribution in [1.82, 2.24) is 5.06 Å². The molecule has 1 rings (SSSR count). The number of carbonyl (C=O) groups excluding carboxylic acids is 1. The summed E-state index contributed by atoms with van der Waals surface area (Å²) < 4.78 is 0. The number of piperidine rings is 1. The van der Waals surface area contributed by atoms with Crippen LogP contribution in [-0.4, -0.2) is 86.5 Å². The molecule has 1 aliphatic heterocycles. The Hall–Kier alpha value is -0.670. The molecule has 1 fully saturated rings. The number of carbonyl (C=O) groups is 3. The predicted octanol–water partition coefficient (Wildman–Crippen LogP) is -1.04. The molecule has 110 valence electrons. The van der Waals surface area contributed by atoms with Crippen molar-refractivity contribution in [2.75, 3.05) is 13.1 Å². The number of hydroxylamine groups is 2. The van der Waals surface area contributed by atoms with Crippen LogP contribution < -0.4 is 0 Å². The Morgan fingerprint density at radius 2 is 1.45 bits per heavy atom. The summed E-state index contributed by atoms with van der Waals surface area (Å²) in [7, 11) is 0. The number of aliphatic hydroxyl groups is 1. The van der Waals surface area contributed by atoms with Crippen LogP contribution in [0, 0.1) is 0 Å². The number of hydrogen-bond donors (Lipinski definition) is 3. The SMILES string of the molecule is O=C(O)CC(O)(CC(=O)O)C(=O)ON1CCCCC1.[NaH]. The van der Waals surface area contributed by atoms with E-state index in [1.54, 1.807) is 0 Å². The van der Waals surface area contributed by atoms with E-state index in [0.717, 1.165) is 19.3 Å². The molecular formula is C11H18NNaO7. The van der Waals surface area contributed by atoms with Gasteiger partial charge in [-0.2, -0.15) is 0 Å². The van der Waals surface area contributed by atoms with Crippen LogP contribution in [0.2, 0.25) is 0 Å². The van der Waals surface area contributed by atoms with E-state index in [9.17, 15) is 19.5 Å². The van der Waals surface area contributed by atoms with Gasteiger partial charge in [-0.1, -0.05) is 6.42 Å². The van der Waals surface area contributed by atoms with Gasteiger partial charge >= 0.3 is 47.5 Å². The van der Waals surface area contributed by atoms with Crippen LogP contribution in [-0.2, 0) is 19.2 Å². The zero-order chi connectivity index (χ0) is 14.5. The normalized spacial score (nSPS) is 16.1. The van der Waals surface area contributed by atoms with E-state index in [1.165, 1.54) is 5.06 Å². The van der Waals surface area contributed by atoms with Crippen LogP contribution in [0.15, 0.2) is 0 Å². The van der Waals surface area contributed by atoms with Gasteiger partial charge in [0.25, 0.3) is 0 Å². The molecular weight excluding hydrogens is 281 g/mol. The van der Waals surface area contributed by atoms with Gasteiger partial charge in [-0.05, 0) is 12.8 Å². The molecule has 0 aromatic rings. The standard InChI is InChI=1S/C11H17NO7.Na.H/c13-8(14)6-11(18,7-9(15)16)10(17)19-12-4-2-1-3-5-12;;/h18H,1-7H2,(H,13,14)(H,15,16);;. The maximum atomic E-state index is 11.8. The summed E-state index contributed by atoms with van der Waals surface area (Å²) in [5.41, 5.74) is -2.55. The fraction of sp³-hybridized carbons (Fsp3) is 0.727. The summed E-state index contributed by atoms with van der Waals surface area (Å²) in [4.78, 5) is 37.9. The minimum atomic E-state index is -2.55. The van der Waals surface area contributed by atoms with E-state index in [1.807, 2.05) is 0 Å². The molecule has 3 N–H and O–H groups in total. The minimum absolute atomic E-state index is 0. The summed E-state index contributed by atoms with van der Waals surface area (Å²) in [6.07, 6.45) is 0.633. The molecule has 0 radical (unpaired) electrons. The van der Waals surface area contributed by atoms with Gasteiger partial charge in [0, 0.05) is 13.1 Å². The molecule has 1 saturated heterocycles. The van der Waals surface area contributed by atoms with Gasteiger partial charge in [-0.25, -0.2) is 4.79 Å². The zero-order valence-corrected chi connectivity index (χ0v) is 10.4. The number of nitrogens with zero attached hydrogens (tertiary/aromatic N) is 1. The first-order valence-electron chi connectivity index (χ1n) is 5.97. The Balaban J connectivity index is 0.00000361. The number of carboxylic acids is 2.